The fourth-order valence-corrected chi connectivity index (χ4v) is 1.45. The van der Waals surface area contributed by atoms with Gasteiger partial charge in [-0.15, -0.1) is 0 Å². The van der Waals surface area contributed by atoms with E-state index in [4.69, 9.17) is 10.4 Å². The molecule has 0 aromatic heterocycles. The number of nitrogens with one attached hydrogen (secondary N) is 1. The number of nitriles is 1. The number of hydrogen-bond donors (Lipinski definition) is 2. The zero-order valence-corrected chi connectivity index (χ0v) is 10.5. The zero-order chi connectivity index (χ0) is 12.7. The van der Waals surface area contributed by atoms with Crippen molar-refractivity contribution >= 4 is 0 Å². The van der Waals surface area contributed by atoms with Crippen LogP contribution in [-0.4, -0.2) is 11.7 Å². The molecule has 0 unspecified atom stereocenters. The minimum Gasteiger partial charge on any atom is -0.392 e. The molecule has 0 bridgehead atoms. The van der Waals surface area contributed by atoms with Crippen molar-refractivity contribution in [2.24, 2.45) is 5.41 Å². The Morgan fingerprint density at radius 1 is 1.24 bits per heavy atom. The van der Waals surface area contributed by atoms with Crippen LogP contribution in [0.4, 0.5) is 0 Å². The van der Waals surface area contributed by atoms with Crippen LogP contribution in [0.15, 0.2) is 24.3 Å². The molecule has 3 nitrogen and oxygen atoms in total. The summed E-state index contributed by atoms with van der Waals surface area (Å²) in [6.45, 7) is 5.62. The highest BCUT2D eigenvalue weighted by molar-refractivity contribution is 5.21. The lowest BCUT2D eigenvalue weighted by molar-refractivity contribution is 0.282. The predicted molar refractivity (Wildman–Crippen MR) is 68.1 cm³/mol. The van der Waals surface area contributed by atoms with Crippen molar-refractivity contribution in [3.05, 3.63) is 35.4 Å². The number of aliphatic hydroxyl groups excluding tert-OH is 1. The minimum absolute atomic E-state index is 0.0874. The number of rotatable bonds is 6. The van der Waals surface area contributed by atoms with Crippen LogP contribution < -0.4 is 5.32 Å². The summed E-state index contributed by atoms with van der Waals surface area (Å²) in [6, 6.07) is 10.2. The van der Waals surface area contributed by atoms with Crippen molar-refractivity contribution in [1.29, 1.82) is 5.26 Å². The Kier molecular flexibility index (Phi) is 5.14. The summed E-state index contributed by atoms with van der Waals surface area (Å²) in [6.07, 6.45) is 0.845. The Morgan fingerprint density at radius 2 is 1.82 bits per heavy atom. The first-order chi connectivity index (χ1) is 8.07. The van der Waals surface area contributed by atoms with Crippen LogP contribution in [0.3, 0.4) is 0 Å². The van der Waals surface area contributed by atoms with E-state index in [9.17, 15) is 0 Å². The monoisotopic (exact) mass is 232 g/mol. The lowest BCUT2D eigenvalue weighted by Gasteiger charge is -2.15. The van der Waals surface area contributed by atoms with Crippen LogP contribution in [0.1, 0.15) is 31.4 Å². The SMILES string of the molecule is CC(C)(C#N)CCNCc1ccc(CO)cc1. The van der Waals surface area contributed by atoms with Gasteiger partial charge in [0.25, 0.3) is 0 Å². The summed E-state index contributed by atoms with van der Waals surface area (Å²) in [7, 11) is 0. The van der Waals surface area contributed by atoms with Gasteiger partial charge >= 0.3 is 0 Å². The van der Waals surface area contributed by atoms with Crippen molar-refractivity contribution in [3.8, 4) is 6.07 Å². The Balaban J connectivity index is 2.29. The van der Waals surface area contributed by atoms with Crippen LogP contribution in [0.2, 0.25) is 0 Å². The second-order valence-corrected chi connectivity index (χ2v) is 4.90. The molecule has 0 aliphatic heterocycles. The lowest BCUT2D eigenvalue weighted by Crippen LogP contribution is -2.21. The molecule has 3 heteroatoms. The fraction of sp³-hybridized carbons (Fsp3) is 0.500. The van der Waals surface area contributed by atoms with Crippen LogP contribution in [0.25, 0.3) is 0 Å². The molecule has 1 rings (SSSR count). The first kappa shape index (κ1) is 13.7. The molecule has 0 fully saturated rings. The maximum Gasteiger partial charge on any atom is 0.0684 e. The van der Waals surface area contributed by atoms with E-state index in [1.54, 1.807) is 0 Å². The van der Waals surface area contributed by atoms with Crippen LogP contribution in [-0.2, 0) is 13.2 Å². The first-order valence-corrected chi connectivity index (χ1v) is 5.88. The van der Waals surface area contributed by atoms with Crippen molar-refractivity contribution in [2.75, 3.05) is 6.54 Å². The van der Waals surface area contributed by atoms with Crippen LogP contribution in [0, 0.1) is 16.7 Å². The summed E-state index contributed by atoms with van der Waals surface area (Å²) >= 11 is 0. The summed E-state index contributed by atoms with van der Waals surface area (Å²) < 4.78 is 0. The lowest BCUT2D eigenvalue weighted by atomic mass is 9.91. The van der Waals surface area contributed by atoms with Gasteiger partial charge < -0.3 is 10.4 Å². The normalized spacial score (nSPS) is 11.2. The van der Waals surface area contributed by atoms with Crippen LogP contribution in [0.5, 0.6) is 0 Å². The highest BCUT2D eigenvalue weighted by Crippen LogP contribution is 2.17. The van der Waals surface area contributed by atoms with Crippen molar-refractivity contribution < 1.29 is 5.11 Å². The maximum absolute atomic E-state index is 8.91. The number of hydrogen-bond acceptors (Lipinski definition) is 3. The van der Waals surface area contributed by atoms with Gasteiger partial charge in [0.15, 0.2) is 0 Å². The molecular weight excluding hydrogens is 212 g/mol. The molecule has 0 saturated carbocycles. The first-order valence-electron chi connectivity index (χ1n) is 5.88. The summed E-state index contributed by atoms with van der Waals surface area (Å²) in [5, 5.41) is 21.1. The van der Waals surface area contributed by atoms with Crippen molar-refractivity contribution in [1.82, 2.24) is 5.32 Å². The van der Waals surface area contributed by atoms with E-state index >= 15 is 0 Å². The third kappa shape index (κ3) is 4.99. The van der Waals surface area contributed by atoms with E-state index < -0.39 is 0 Å². The summed E-state index contributed by atoms with van der Waals surface area (Å²) in [5.74, 6) is 0. The van der Waals surface area contributed by atoms with E-state index in [1.165, 1.54) is 5.56 Å². The van der Waals surface area contributed by atoms with Gasteiger partial charge in [0.05, 0.1) is 18.1 Å². The fourth-order valence-electron chi connectivity index (χ4n) is 1.45. The zero-order valence-electron chi connectivity index (χ0n) is 10.5. The minimum atomic E-state index is -0.256. The number of benzene rings is 1. The molecule has 0 atom stereocenters. The molecule has 92 valence electrons. The number of aliphatic hydroxyl groups is 1. The highest BCUT2D eigenvalue weighted by Gasteiger charge is 2.15. The maximum atomic E-state index is 8.91. The molecule has 1 aromatic carbocycles. The molecular formula is C14H20N2O. The topological polar surface area (TPSA) is 56.0 Å². The van der Waals surface area contributed by atoms with Gasteiger partial charge in [-0.1, -0.05) is 24.3 Å². The van der Waals surface area contributed by atoms with Gasteiger partial charge in [-0.2, -0.15) is 5.26 Å². The average Bonchev–Trinajstić information content (AvgIpc) is 2.35. The van der Waals surface area contributed by atoms with Gasteiger partial charge in [0.1, 0.15) is 0 Å². The van der Waals surface area contributed by atoms with Gasteiger partial charge in [-0.05, 0) is 37.9 Å². The quantitative estimate of drug-likeness (QED) is 0.739. The van der Waals surface area contributed by atoms with E-state index in [2.05, 4.69) is 11.4 Å². The molecule has 2 N–H and O–H groups in total. The van der Waals surface area contributed by atoms with E-state index in [0.717, 1.165) is 25.1 Å². The summed E-state index contributed by atoms with van der Waals surface area (Å²) in [5.41, 5.74) is 1.87. The van der Waals surface area contributed by atoms with Gasteiger partial charge in [0.2, 0.25) is 0 Å². The second kappa shape index (κ2) is 6.39. The third-order valence-corrected chi connectivity index (χ3v) is 2.76. The Bertz CT molecular complexity index is 376. The van der Waals surface area contributed by atoms with Gasteiger partial charge in [-0.3, -0.25) is 0 Å². The Labute approximate surface area is 103 Å². The third-order valence-electron chi connectivity index (χ3n) is 2.76. The Morgan fingerprint density at radius 3 is 2.35 bits per heavy atom. The smallest absolute Gasteiger partial charge is 0.0684 e. The average molecular weight is 232 g/mol. The standard InChI is InChI=1S/C14H20N2O/c1-14(2,11-15)7-8-16-9-12-3-5-13(10-17)6-4-12/h3-6,16-17H,7-10H2,1-2H3. The molecule has 1 aromatic rings. The second-order valence-electron chi connectivity index (χ2n) is 4.90. The molecule has 17 heavy (non-hydrogen) atoms. The van der Waals surface area contributed by atoms with E-state index in [-0.39, 0.29) is 12.0 Å². The molecule has 0 heterocycles. The highest BCUT2D eigenvalue weighted by atomic mass is 16.3. The largest absolute Gasteiger partial charge is 0.392 e. The molecule has 0 aliphatic carbocycles. The predicted octanol–water partition coefficient (Wildman–Crippen LogP) is 2.21. The molecule has 0 spiro atoms. The van der Waals surface area contributed by atoms with Gasteiger partial charge in [-0.25, -0.2) is 0 Å². The van der Waals surface area contributed by atoms with E-state index in [0.29, 0.717) is 0 Å². The molecule has 0 saturated heterocycles. The van der Waals surface area contributed by atoms with Crippen LogP contribution >= 0.6 is 0 Å². The van der Waals surface area contributed by atoms with Crippen molar-refractivity contribution in [2.45, 2.75) is 33.4 Å². The van der Waals surface area contributed by atoms with Crippen molar-refractivity contribution in [3.63, 3.8) is 0 Å². The molecule has 0 aliphatic rings. The Hall–Kier alpha value is -1.37. The number of nitrogens with zero attached hydrogens (tertiary/aromatic N) is 1. The van der Waals surface area contributed by atoms with E-state index in [1.807, 2.05) is 38.1 Å². The molecule has 0 amide bonds. The molecule has 0 radical (unpaired) electrons. The van der Waals surface area contributed by atoms with Gasteiger partial charge in [0, 0.05) is 6.54 Å². The summed E-state index contributed by atoms with van der Waals surface area (Å²) in [4.78, 5) is 0.